The van der Waals surface area contributed by atoms with Crippen LogP contribution in [0.5, 0.6) is 0 Å². The number of nitrogens with one attached hydrogen (secondary N) is 1. The molecule has 0 aliphatic carbocycles. The first-order valence-corrected chi connectivity index (χ1v) is 10.3. The second-order valence-corrected chi connectivity index (χ2v) is 11.4. The summed E-state index contributed by atoms with van der Waals surface area (Å²) in [5.74, 6) is 0. The van der Waals surface area contributed by atoms with Crippen LogP contribution in [-0.4, -0.2) is 40.2 Å². The zero-order chi connectivity index (χ0) is 13.6. The van der Waals surface area contributed by atoms with Gasteiger partial charge in [-0.05, 0) is 39.2 Å². The fraction of sp³-hybridized carbons (Fsp3) is 0.600. The van der Waals surface area contributed by atoms with E-state index in [0.29, 0.717) is 0 Å². The molecule has 1 aromatic carbocycles. The highest BCUT2D eigenvalue weighted by molar-refractivity contribution is 6.88. The maximum atomic E-state index is 3.50. The lowest BCUT2D eigenvalue weighted by atomic mass is 10.2. The van der Waals surface area contributed by atoms with Crippen molar-refractivity contribution in [2.24, 2.45) is 0 Å². The molecule has 0 saturated heterocycles. The molecule has 0 bridgehead atoms. The van der Waals surface area contributed by atoms with Crippen molar-refractivity contribution in [3.63, 3.8) is 0 Å². The quantitative estimate of drug-likeness (QED) is 0.600. The Bertz CT molecular complexity index is 339. The van der Waals surface area contributed by atoms with E-state index in [-0.39, 0.29) is 0 Å². The van der Waals surface area contributed by atoms with Crippen molar-refractivity contribution in [2.45, 2.75) is 32.6 Å². The number of hydrogen-bond donors (Lipinski definition) is 1. The molecule has 1 N–H and O–H groups in total. The maximum Gasteiger partial charge on any atom is 0.0775 e. The minimum Gasteiger partial charge on any atom is -0.313 e. The predicted octanol–water partition coefficient (Wildman–Crippen LogP) is 2.27. The lowest BCUT2D eigenvalue weighted by Gasteiger charge is -2.17. The third kappa shape index (κ3) is 5.80. The first-order chi connectivity index (χ1) is 8.39. The zero-order valence-corrected chi connectivity index (χ0v) is 13.6. The van der Waals surface area contributed by atoms with Gasteiger partial charge in [0.1, 0.15) is 0 Å². The Hall–Kier alpha value is -0.643. The largest absolute Gasteiger partial charge is 0.313 e. The van der Waals surface area contributed by atoms with E-state index < -0.39 is 8.07 Å². The number of rotatable bonds is 7. The van der Waals surface area contributed by atoms with Crippen LogP contribution in [0.2, 0.25) is 19.6 Å². The molecule has 0 saturated carbocycles. The average molecular weight is 264 g/mol. The Labute approximate surface area is 113 Å². The van der Waals surface area contributed by atoms with Gasteiger partial charge in [-0.15, -0.1) is 0 Å². The number of nitrogens with zero attached hydrogens (tertiary/aromatic N) is 1. The van der Waals surface area contributed by atoms with Crippen LogP contribution >= 0.6 is 0 Å². The van der Waals surface area contributed by atoms with Gasteiger partial charge < -0.3 is 10.2 Å². The molecule has 0 aliphatic rings. The SMILES string of the molecule is CN(C)CCCNCc1ccc([Si](C)(C)C)cc1. The molecule has 0 atom stereocenters. The van der Waals surface area contributed by atoms with Gasteiger partial charge in [-0.25, -0.2) is 0 Å². The van der Waals surface area contributed by atoms with Gasteiger partial charge in [-0.1, -0.05) is 49.1 Å². The Morgan fingerprint density at radius 1 is 1.06 bits per heavy atom. The highest BCUT2D eigenvalue weighted by Gasteiger charge is 2.15. The van der Waals surface area contributed by atoms with Gasteiger partial charge in [-0.3, -0.25) is 0 Å². The molecule has 2 nitrogen and oxygen atoms in total. The summed E-state index contributed by atoms with van der Waals surface area (Å²) < 4.78 is 0. The molecule has 1 aromatic rings. The van der Waals surface area contributed by atoms with Crippen LogP contribution in [0.25, 0.3) is 0 Å². The summed E-state index contributed by atoms with van der Waals surface area (Å²) in [5, 5.41) is 5.04. The average Bonchev–Trinajstić information content (AvgIpc) is 2.27. The molecule has 0 aliphatic heterocycles. The van der Waals surface area contributed by atoms with Crippen LogP contribution in [-0.2, 0) is 6.54 Å². The molecule has 0 spiro atoms. The highest BCUT2D eigenvalue weighted by Crippen LogP contribution is 2.04. The smallest absolute Gasteiger partial charge is 0.0775 e. The van der Waals surface area contributed by atoms with E-state index in [1.165, 1.54) is 12.0 Å². The monoisotopic (exact) mass is 264 g/mol. The topological polar surface area (TPSA) is 15.3 Å². The Kier molecular flexibility index (Phi) is 6.06. The standard InChI is InChI=1S/C15H28N2Si/c1-17(2)12-6-11-16-13-14-7-9-15(10-8-14)18(3,4)5/h7-10,16H,6,11-13H2,1-5H3. The summed E-state index contributed by atoms with van der Waals surface area (Å²) in [5.41, 5.74) is 1.39. The molecular formula is C15H28N2Si. The molecule has 1 rings (SSSR count). The van der Waals surface area contributed by atoms with E-state index in [1.807, 2.05) is 0 Å². The Balaban J connectivity index is 2.31. The van der Waals surface area contributed by atoms with E-state index in [2.05, 4.69) is 68.2 Å². The summed E-state index contributed by atoms with van der Waals surface area (Å²) in [6, 6.07) is 9.16. The summed E-state index contributed by atoms with van der Waals surface area (Å²) in [4.78, 5) is 2.23. The molecule has 18 heavy (non-hydrogen) atoms. The summed E-state index contributed by atoms with van der Waals surface area (Å²) in [7, 11) is 3.10. The molecular weight excluding hydrogens is 236 g/mol. The second kappa shape index (κ2) is 7.07. The number of benzene rings is 1. The van der Waals surface area contributed by atoms with Crippen LogP contribution < -0.4 is 10.5 Å². The molecule has 0 aromatic heterocycles. The molecule has 0 amide bonds. The van der Waals surface area contributed by atoms with Gasteiger partial charge in [-0.2, -0.15) is 0 Å². The van der Waals surface area contributed by atoms with Gasteiger partial charge in [0.05, 0.1) is 8.07 Å². The van der Waals surface area contributed by atoms with Crippen LogP contribution in [0.15, 0.2) is 24.3 Å². The third-order valence-corrected chi connectivity index (χ3v) is 5.17. The van der Waals surface area contributed by atoms with Crippen LogP contribution in [0.3, 0.4) is 0 Å². The van der Waals surface area contributed by atoms with Crippen molar-refractivity contribution >= 4 is 13.3 Å². The third-order valence-electron chi connectivity index (χ3n) is 3.11. The van der Waals surface area contributed by atoms with Crippen molar-refractivity contribution in [3.05, 3.63) is 29.8 Å². The first-order valence-electron chi connectivity index (χ1n) is 6.84. The minimum absolute atomic E-state index is 0.986. The molecule has 0 radical (unpaired) electrons. The van der Waals surface area contributed by atoms with Gasteiger partial charge >= 0.3 is 0 Å². The van der Waals surface area contributed by atoms with Crippen molar-refractivity contribution in [2.75, 3.05) is 27.2 Å². The highest BCUT2D eigenvalue weighted by atomic mass is 28.3. The van der Waals surface area contributed by atoms with E-state index in [1.54, 1.807) is 5.19 Å². The minimum atomic E-state index is -1.14. The second-order valence-electron chi connectivity index (χ2n) is 6.28. The summed E-state index contributed by atoms with van der Waals surface area (Å²) in [6.45, 7) is 10.4. The van der Waals surface area contributed by atoms with Crippen LogP contribution in [0.1, 0.15) is 12.0 Å². The molecule has 0 unspecified atom stereocenters. The summed E-state index contributed by atoms with van der Waals surface area (Å²) in [6.07, 6.45) is 1.21. The Morgan fingerprint density at radius 2 is 1.67 bits per heavy atom. The van der Waals surface area contributed by atoms with E-state index >= 15 is 0 Å². The molecule has 3 heteroatoms. The van der Waals surface area contributed by atoms with Gasteiger partial charge in [0.25, 0.3) is 0 Å². The van der Waals surface area contributed by atoms with Crippen LogP contribution in [0, 0.1) is 0 Å². The molecule has 0 heterocycles. The summed E-state index contributed by atoms with van der Waals surface area (Å²) >= 11 is 0. The van der Waals surface area contributed by atoms with Crippen molar-refractivity contribution in [1.82, 2.24) is 10.2 Å². The van der Waals surface area contributed by atoms with Gasteiger partial charge in [0.15, 0.2) is 0 Å². The fourth-order valence-electron chi connectivity index (χ4n) is 1.88. The van der Waals surface area contributed by atoms with Crippen LogP contribution in [0.4, 0.5) is 0 Å². The maximum absolute atomic E-state index is 3.50. The number of hydrogen-bond acceptors (Lipinski definition) is 2. The van der Waals surface area contributed by atoms with Crippen molar-refractivity contribution in [3.8, 4) is 0 Å². The zero-order valence-electron chi connectivity index (χ0n) is 12.6. The Morgan fingerprint density at radius 3 is 2.17 bits per heavy atom. The first kappa shape index (κ1) is 15.4. The van der Waals surface area contributed by atoms with E-state index in [4.69, 9.17) is 0 Å². The van der Waals surface area contributed by atoms with E-state index in [9.17, 15) is 0 Å². The normalized spacial score (nSPS) is 12.1. The van der Waals surface area contributed by atoms with Gasteiger partial charge in [0, 0.05) is 6.54 Å². The van der Waals surface area contributed by atoms with Crippen molar-refractivity contribution in [1.29, 1.82) is 0 Å². The van der Waals surface area contributed by atoms with E-state index in [0.717, 1.165) is 19.6 Å². The predicted molar refractivity (Wildman–Crippen MR) is 84.3 cm³/mol. The lowest BCUT2D eigenvalue weighted by molar-refractivity contribution is 0.394. The molecule has 102 valence electrons. The van der Waals surface area contributed by atoms with Gasteiger partial charge in [0.2, 0.25) is 0 Å². The molecule has 0 fully saturated rings. The fourth-order valence-corrected chi connectivity index (χ4v) is 3.04. The van der Waals surface area contributed by atoms with Crippen molar-refractivity contribution < 1.29 is 0 Å². The lowest BCUT2D eigenvalue weighted by Crippen LogP contribution is -2.37.